The predicted molar refractivity (Wildman–Crippen MR) is 235 cm³/mol. The zero-order chi connectivity index (χ0) is 42.3. The highest BCUT2D eigenvalue weighted by Gasteiger charge is 2.56. The fourth-order valence-electron chi connectivity index (χ4n) is 11.5. The third-order valence-electron chi connectivity index (χ3n) is 14.7. The maximum Gasteiger partial charge on any atom is 0.308 e. The molecule has 0 saturated heterocycles. The number of hydrogen-bond acceptors (Lipinski definition) is 7. The van der Waals surface area contributed by atoms with Crippen LogP contribution in [0.5, 0.6) is 5.75 Å². The second-order valence-corrected chi connectivity index (χ2v) is 18.3. The minimum Gasteiger partial charge on any atom is -0.508 e. The molecule has 0 amide bonds. The van der Waals surface area contributed by atoms with Crippen LogP contribution in [-0.2, 0) is 26.2 Å². The highest BCUT2D eigenvalue weighted by molar-refractivity contribution is 5.74. The number of aldehydes is 2. The maximum atomic E-state index is 13.9. The van der Waals surface area contributed by atoms with Gasteiger partial charge in [-0.1, -0.05) is 116 Å². The summed E-state index contributed by atoms with van der Waals surface area (Å²) in [5.41, 5.74) is 9.23. The monoisotopic (exact) mass is 813 g/mol. The fourth-order valence-corrected chi connectivity index (χ4v) is 11.5. The first kappa shape index (κ1) is 43.5. The number of nitrogens with two attached hydrogens (primary N) is 1. The second-order valence-electron chi connectivity index (χ2n) is 18.3. The van der Waals surface area contributed by atoms with Crippen LogP contribution < -0.4 is 16.2 Å². The second kappa shape index (κ2) is 19.4. The van der Waals surface area contributed by atoms with Crippen LogP contribution in [0.4, 0.5) is 0 Å². The van der Waals surface area contributed by atoms with Crippen molar-refractivity contribution in [1.82, 2.24) is 0 Å². The number of hydrogen-bond donors (Lipinski definition) is 5. The summed E-state index contributed by atoms with van der Waals surface area (Å²) in [5, 5.41) is 47.4. The number of carboxylic acids is 1. The van der Waals surface area contributed by atoms with Crippen molar-refractivity contribution in [2.45, 2.75) is 107 Å². The summed E-state index contributed by atoms with van der Waals surface area (Å²) in [6.45, 7) is 0.632. The number of benzene rings is 3. The van der Waals surface area contributed by atoms with Crippen molar-refractivity contribution in [1.29, 1.82) is 0 Å². The Hall–Kier alpha value is -4.63. The zero-order valence-corrected chi connectivity index (χ0v) is 34.8. The molecule has 0 radical (unpaired) electrons. The Kier molecular flexibility index (Phi) is 14.0. The van der Waals surface area contributed by atoms with E-state index in [0.29, 0.717) is 38.5 Å². The molecule has 9 atom stereocenters. The number of aromatic hydroxyl groups is 1. The summed E-state index contributed by atoms with van der Waals surface area (Å²) in [5.74, 6) is -5.34. The molecule has 1 saturated carbocycles. The number of allylic oxidation sites excluding steroid dienone is 2. The first-order valence-corrected chi connectivity index (χ1v) is 22.3. The SMILES string of the molecule is NCCC1=CC(C(C=O)CCCCCC2CC=CC(C(O)(O)CC=O)C(C(=O)O)C3(CCC4C=c5ccccc5=CC4C3)c3cccc(c3)CC2c2ccc(O)cc2)CC1. The van der Waals surface area contributed by atoms with Crippen LogP contribution in [-0.4, -0.2) is 51.3 Å². The van der Waals surface area contributed by atoms with E-state index in [1.54, 1.807) is 18.2 Å². The van der Waals surface area contributed by atoms with Gasteiger partial charge < -0.3 is 35.7 Å². The Morgan fingerprint density at radius 3 is 2.40 bits per heavy atom. The van der Waals surface area contributed by atoms with Crippen LogP contribution in [0.3, 0.4) is 0 Å². The van der Waals surface area contributed by atoms with Crippen LogP contribution in [0.2, 0.25) is 0 Å². The lowest BCUT2D eigenvalue weighted by Crippen LogP contribution is -2.55. The average molecular weight is 814 g/mol. The van der Waals surface area contributed by atoms with E-state index in [4.69, 9.17) is 5.73 Å². The van der Waals surface area contributed by atoms with Crippen LogP contribution in [0.15, 0.2) is 96.6 Å². The Morgan fingerprint density at radius 2 is 1.68 bits per heavy atom. The first-order valence-electron chi connectivity index (χ1n) is 22.3. The number of phenolic OH excluding ortho intramolecular Hbond substituents is 1. The number of fused-ring (bicyclic) bond motifs is 5. The van der Waals surface area contributed by atoms with E-state index in [2.05, 4.69) is 42.5 Å². The van der Waals surface area contributed by atoms with Gasteiger partial charge in [0, 0.05) is 17.3 Å². The summed E-state index contributed by atoms with van der Waals surface area (Å²) in [7, 11) is 0. The lowest BCUT2D eigenvalue weighted by atomic mass is 9.53. The molecule has 4 aliphatic carbocycles. The van der Waals surface area contributed by atoms with E-state index >= 15 is 0 Å². The number of rotatable bonds is 15. The van der Waals surface area contributed by atoms with Crippen molar-refractivity contribution in [3.63, 3.8) is 0 Å². The molecule has 6 N–H and O–H groups in total. The molecule has 8 nitrogen and oxygen atoms in total. The van der Waals surface area contributed by atoms with Crippen LogP contribution in [0.1, 0.15) is 106 Å². The normalized spacial score (nSPS) is 28.1. The van der Waals surface area contributed by atoms with E-state index in [-0.39, 0.29) is 41.3 Å². The summed E-state index contributed by atoms with van der Waals surface area (Å²) >= 11 is 0. The van der Waals surface area contributed by atoms with Crippen molar-refractivity contribution in [3.8, 4) is 5.75 Å². The fraction of sp³-hybridized carbons (Fsp3) is 0.481. The molecule has 4 aliphatic rings. The van der Waals surface area contributed by atoms with Gasteiger partial charge in [0.1, 0.15) is 18.3 Å². The topological polar surface area (TPSA) is 158 Å². The summed E-state index contributed by atoms with van der Waals surface area (Å²) in [4.78, 5) is 38.1. The number of phenols is 1. The van der Waals surface area contributed by atoms with Crippen LogP contribution in [0, 0.1) is 41.4 Å². The molecule has 318 valence electrons. The van der Waals surface area contributed by atoms with Gasteiger partial charge in [-0.15, -0.1) is 0 Å². The van der Waals surface area contributed by atoms with Crippen molar-refractivity contribution in [3.05, 3.63) is 124 Å². The Bertz CT molecular complexity index is 2160. The first-order chi connectivity index (χ1) is 29.0. The smallest absolute Gasteiger partial charge is 0.308 e. The average Bonchev–Trinajstić information content (AvgIpc) is 3.70. The van der Waals surface area contributed by atoms with Gasteiger partial charge in [0.05, 0.1) is 12.3 Å². The van der Waals surface area contributed by atoms with E-state index in [9.17, 15) is 34.8 Å². The molecule has 0 aliphatic heterocycles. The maximum absolute atomic E-state index is 13.9. The van der Waals surface area contributed by atoms with E-state index < -0.39 is 35.4 Å². The summed E-state index contributed by atoms with van der Waals surface area (Å²) < 4.78 is 0. The van der Waals surface area contributed by atoms with E-state index in [1.807, 2.05) is 42.5 Å². The zero-order valence-electron chi connectivity index (χ0n) is 34.8. The van der Waals surface area contributed by atoms with Gasteiger partial charge in [0.2, 0.25) is 0 Å². The van der Waals surface area contributed by atoms with Gasteiger partial charge >= 0.3 is 5.97 Å². The molecule has 3 aromatic rings. The standard InChI is InChI=1S/C52H63NO7/c53-26-23-35-16-17-41(28-35)43(34-55)12-3-1-2-9-37-13-7-15-48(52(59,60)25-27-54)49(50(57)58)51(24-22-42-31-39-10-4-5-11-40(39)32-44(42)33-51)45-14-6-8-36(29-45)30-47(37)38-18-20-46(56)21-19-38/h4-8,10-11,14-15,18-21,27-29,31-32,34,37,41-44,47-49,56,59-60H,1-3,9,12-13,16-17,22-26,30,33,53H2,(H,57,58). The number of carboxylic acid groups (broad SMARTS) is 1. The molecule has 0 aromatic heterocycles. The molecule has 1 spiro atoms. The Morgan fingerprint density at radius 1 is 0.917 bits per heavy atom. The molecule has 8 heteroatoms. The molecular formula is C52H63NO7. The molecule has 9 unspecified atom stereocenters. The molecule has 1 fully saturated rings. The highest BCUT2D eigenvalue weighted by atomic mass is 16.5. The molecular weight excluding hydrogens is 751 g/mol. The molecule has 0 heterocycles. The van der Waals surface area contributed by atoms with Gasteiger partial charge in [-0.3, -0.25) is 4.79 Å². The minimum absolute atomic E-state index is 0.00701. The largest absolute Gasteiger partial charge is 0.508 e. The van der Waals surface area contributed by atoms with Gasteiger partial charge in [-0.05, 0) is 140 Å². The highest BCUT2D eigenvalue weighted by Crippen LogP contribution is 2.55. The summed E-state index contributed by atoms with van der Waals surface area (Å²) in [6.07, 6.45) is 21.9. The van der Waals surface area contributed by atoms with E-state index in [1.165, 1.54) is 10.8 Å². The summed E-state index contributed by atoms with van der Waals surface area (Å²) in [6, 6.07) is 24.0. The Labute approximate surface area is 354 Å². The predicted octanol–water partition coefficient (Wildman–Crippen LogP) is 7.26. The number of aliphatic hydroxyl groups is 2. The number of unbranched alkanes of at least 4 members (excludes halogenated alkanes) is 2. The third-order valence-corrected chi connectivity index (χ3v) is 14.7. The van der Waals surface area contributed by atoms with Crippen molar-refractivity contribution < 1.29 is 34.8 Å². The van der Waals surface area contributed by atoms with Gasteiger partial charge in [-0.25, -0.2) is 0 Å². The van der Waals surface area contributed by atoms with Gasteiger partial charge in [-0.2, -0.15) is 0 Å². The number of carbonyl (C=O) groups excluding carboxylic acids is 2. The molecule has 60 heavy (non-hydrogen) atoms. The lowest BCUT2D eigenvalue weighted by molar-refractivity contribution is -0.212. The van der Waals surface area contributed by atoms with Gasteiger partial charge in [0.15, 0.2) is 5.79 Å². The van der Waals surface area contributed by atoms with Crippen LogP contribution >= 0.6 is 0 Å². The molecule has 3 aromatic carbocycles. The molecule has 7 rings (SSSR count). The Balaban J connectivity index is 1.23. The number of carbonyl (C=O) groups is 3. The minimum atomic E-state index is -2.59. The van der Waals surface area contributed by atoms with Crippen molar-refractivity contribution >= 4 is 30.7 Å². The van der Waals surface area contributed by atoms with Crippen molar-refractivity contribution in [2.24, 2.45) is 47.2 Å². The molecule has 2 bridgehead atoms. The lowest BCUT2D eigenvalue weighted by Gasteiger charge is -2.51. The third kappa shape index (κ3) is 9.62. The van der Waals surface area contributed by atoms with Gasteiger partial charge in [0.25, 0.3) is 0 Å². The quantitative estimate of drug-likeness (QED) is 0.0465. The van der Waals surface area contributed by atoms with Crippen molar-refractivity contribution in [2.75, 3.05) is 6.54 Å². The number of aliphatic carboxylic acids is 1. The van der Waals surface area contributed by atoms with E-state index in [0.717, 1.165) is 86.0 Å². The van der Waals surface area contributed by atoms with Crippen LogP contribution in [0.25, 0.3) is 12.2 Å².